The molecule has 0 radical (unpaired) electrons. The molecule has 1 aromatic rings. The van der Waals surface area contributed by atoms with Gasteiger partial charge >= 0.3 is 0 Å². The molecule has 0 amide bonds. The van der Waals surface area contributed by atoms with Crippen molar-refractivity contribution < 1.29 is 4.74 Å². The van der Waals surface area contributed by atoms with E-state index in [0.29, 0.717) is 6.10 Å². The molecule has 1 heterocycles. The summed E-state index contributed by atoms with van der Waals surface area (Å²) in [6.45, 7) is 2.11. The van der Waals surface area contributed by atoms with Gasteiger partial charge in [-0.2, -0.15) is 0 Å². The van der Waals surface area contributed by atoms with Crippen LogP contribution in [0.1, 0.15) is 25.5 Å². The van der Waals surface area contributed by atoms with Crippen molar-refractivity contribution in [3.8, 4) is 5.75 Å². The Balaban J connectivity index is 2.25. The quantitative estimate of drug-likeness (QED) is 0.755. The molecule has 0 aliphatic heterocycles. The Morgan fingerprint density at radius 1 is 1.47 bits per heavy atom. The summed E-state index contributed by atoms with van der Waals surface area (Å²) in [6.07, 6.45) is 5.61. The molecular weight excluding hydrogens is 188 g/mol. The van der Waals surface area contributed by atoms with E-state index in [1.54, 1.807) is 0 Å². The first-order chi connectivity index (χ1) is 7.20. The highest BCUT2D eigenvalue weighted by molar-refractivity contribution is 5.57. The summed E-state index contributed by atoms with van der Waals surface area (Å²) >= 11 is 0. The monoisotopic (exact) mass is 206 g/mol. The Hall–Kier alpha value is -1.25. The van der Waals surface area contributed by atoms with Crippen LogP contribution in [0.4, 0.5) is 5.69 Å². The molecule has 1 aliphatic rings. The first-order valence-corrected chi connectivity index (χ1v) is 5.53. The number of nitrogens with zero attached hydrogens (tertiary/aromatic N) is 2. The van der Waals surface area contributed by atoms with Crippen LogP contribution >= 0.6 is 0 Å². The fraction of sp³-hybridized carbons (Fsp3) is 0.583. The largest absolute Gasteiger partial charge is 0.487 e. The molecule has 0 spiro atoms. The molecule has 1 fully saturated rings. The second kappa shape index (κ2) is 4.09. The van der Waals surface area contributed by atoms with Gasteiger partial charge in [0, 0.05) is 19.8 Å². The lowest BCUT2D eigenvalue weighted by Crippen LogP contribution is -2.12. The minimum absolute atomic E-state index is 0.429. The molecular formula is C12H18N2O. The van der Waals surface area contributed by atoms with Crippen LogP contribution in [0, 0.1) is 0 Å². The Morgan fingerprint density at radius 3 is 2.73 bits per heavy atom. The zero-order valence-corrected chi connectivity index (χ0v) is 9.66. The van der Waals surface area contributed by atoms with E-state index in [1.165, 1.54) is 12.8 Å². The second-order valence-electron chi connectivity index (χ2n) is 4.21. The highest BCUT2D eigenvalue weighted by atomic mass is 16.5. The predicted octanol–water partition coefficient (Wildman–Crippen LogP) is 2.25. The molecule has 15 heavy (non-hydrogen) atoms. The van der Waals surface area contributed by atoms with Crippen LogP contribution < -0.4 is 9.64 Å². The molecule has 0 aromatic carbocycles. The van der Waals surface area contributed by atoms with Gasteiger partial charge in [0.1, 0.15) is 0 Å². The maximum atomic E-state index is 5.81. The van der Waals surface area contributed by atoms with Gasteiger partial charge in [0.05, 0.1) is 18.0 Å². The van der Waals surface area contributed by atoms with E-state index < -0.39 is 0 Å². The summed E-state index contributed by atoms with van der Waals surface area (Å²) in [4.78, 5) is 6.45. The Morgan fingerprint density at radius 2 is 2.20 bits per heavy atom. The number of aromatic nitrogens is 1. The molecule has 0 N–H and O–H groups in total. The lowest BCUT2D eigenvalue weighted by atomic mass is 10.2. The molecule has 2 rings (SSSR count). The van der Waals surface area contributed by atoms with Crippen molar-refractivity contribution in [2.45, 2.75) is 32.3 Å². The second-order valence-corrected chi connectivity index (χ2v) is 4.21. The van der Waals surface area contributed by atoms with Gasteiger partial charge in [0.15, 0.2) is 5.75 Å². The van der Waals surface area contributed by atoms with E-state index in [2.05, 4.69) is 22.9 Å². The number of anilines is 1. The van der Waals surface area contributed by atoms with E-state index in [4.69, 9.17) is 4.74 Å². The maximum Gasteiger partial charge on any atom is 0.161 e. The van der Waals surface area contributed by atoms with Crippen molar-refractivity contribution in [2.24, 2.45) is 0 Å². The minimum Gasteiger partial charge on any atom is -0.487 e. The van der Waals surface area contributed by atoms with Crippen molar-refractivity contribution in [1.29, 1.82) is 0 Å². The molecule has 82 valence electrons. The predicted molar refractivity (Wildman–Crippen MR) is 61.6 cm³/mol. The van der Waals surface area contributed by atoms with E-state index in [0.717, 1.165) is 23.6 Å². The third-order valence-electron chi connectivity index (χ3n) is 2.57. The van der Waals surface area contributed by atoms with E-state index in [-0.39, 0.29) is 0 Å². The average Bonchev–Trinajstić information content (AvgIpc) is 3.02. The number of ether oxygens (including phenoxy) is 1. The topological polar surface area (TPSA) is 25.4 Å². The summed E-state index contributed by atoms with van der Waals surface area (Å²) in [5.41, 5.74) is 2.25. The minimum atomic E-state index is 0.429. The van der Waals surface area contributed by atoms with Crippen molar-refractivity contribution in [3.05, 3.63) is 18.0 Å². The number of hydrogen-bond donors (Lipinski definition) is 0. The lowest BCUT2D eigenvalue weighted by molar-refractivity contribution is 0.302. The molecule has 0 atom stereocenters. The maximum absolute atomic E-state index is 5.81. The summed E-state index contributed by atoms with van der Waals surface area (Å²) < 4.78 is 5.81. The fourth-order valence-corrected chi connectivity index (χ4v) is 1.47. The lowest BCUT2D eigenvalue weighted by Gasteiger charge is -2.18. The van der Waals surface area contributed by atoms with Crippen LogP contribution in [0.2, 0.25) is 0 Å². The van der Waals surface area contributed by atoms with Crippen LogP contribution in [0.3, 0.4) is 0 Å². The third kappa shape index (κ3) is 2.41. The number of rotatable bonds is 4. The van der Waals surface area contributed by atoms with Gasteiger partial charge in [0.2, 0.25) is 0 Å². The zero-order valence-electron chi connectivity index (χ0n) is 9.66. The van der Waals surface area contributed by atoms with Crippen molar-refractivity contribution >= 4 is 5.69 Å². The molecule has 1 saturated carbocycles. The molecule has 1 aromatic heterocycles. The van der Waals surface area contributed by atoms with Gasteiger partial charge in [-0.1, -0.05) is 6.92 Å². The molecule has 3 heteroatoms. The fourth-order valence-electron chi connectivity index (χ4n) is 1.47. The Labute approximate surface area is 91.1 Å². The van der Waals surface area contributed by atoms with Crippen molar-refractivity contribution in [1.82, 2.24) is 4.98 Å². The van der Waals surface area contributed by atoms with E-state index in [9.17, 15) is 0 Å². The molecule has 0 bridgehead atoms. The third-order valence-corrected chi connectivity index (χ3v) is 2.57. The van der Waals surface area contributed by atoms with Gasteiger partial charge in [-0.3, -0.25) is 4.98 Å². The van der Waals surface area contributed by atoms with Crippen LogP contribution in [-0.2, 0) is 6.42 Å². The first kappa shape index (κ1) is 10.3. The molecule has 3 nitrogen and oxygen atoms in total. The average molecular weight is 206 g/mol. The van der Waals surface area contributed by atoms with Crippen LogP contribution in [0.25, 0.3) is 0 Å². The standard InChI is InChI=1S/C12H18N2O/c1-4-9-7-11(14(2)3)12(8-13-9)15-10-5-6-10/h7-8,10H,4-6H2,1-3H3. The molecule has 0 unspecified atom stereocenters. The smallest absolute Gasteiger partial charge is 0.161 e. The normalized spacial score (nSPS) is 15.1. The SMILES string of the molecule is CCc1cc(N(C)C)c(OC2CC2)cn1. The van der Waals surface area contributed by atoms with Crippen LogP contribution in [0.5, 0.6) is 5.75 Å². The van der Waals surface area contributed by atoms with E-state index >= 15 is 0 Å². The molecule has 0 saturated heterocycles. The zero-order chi connectivity index (χ0) is 10.8. The highest BCUT2D eigenvalue weighted by Gasteiger charge is 2.25. The van der Waals surface area contributed by atoms with Crippen LogP contribution in [-0.4, -0.2) is 25.2 Å². The highest BCUT2D eigenvalue weighted by Crippen LogP contribution is 2.33. The van der Waals surface area contributed by atoms with Gasteiger partial charge in [0.25, 0.3) is 0 Å². The van der Waals surface area contributed by atoms with Gasteiger partial charge < -0.3 is 9.64 Å². The first-order valence-electron chi connectivity index (χ1n) is 5.53. The summed E-state index contributed by atoms with van der Waals surface area (Å²) in [6, 6.07) is 2.11. The van der Waals surface area contributed by atoms with Crippen molar-refractivity contribution in [3.63, 3.8) is 0 Å². The summed E-state index contributed by atoms with van der Waals surface area (Å²) in [5.74, 6) is 0.916. The summed E-state index contributed by atoms with van der Waals surface area (Å²) in [7, 11) is 4.07. The van der Waals surface area contributed by atoms with Gasteiger partial charge in [-0.05, 0) is 25.3 Å². The Bertz CT molecular complexity index is 345. The van der Waals surface area contributed by atoms with Gasteiger partial charge in [-0.15, -0.1) is 0 Å². The van der Waals surface area contributed by atoms with Gasteiger partial charge in [-0.25, -0.2) is 0 Å². The van der Waals surface area contributed by atoms with E-state index in [1.807, 2.05) is 20.3 Å². The van der Waals surface area contributed by atoms with Crippen LogP contribution in [0.15, 0.2) is 12.3 Å². The number of hydrogen-bond acceptors (Lipinski definition) is 3. The summed E-state index contributed by atoms with van der Waals surface area (Å²) in [5, 5.41) is 0. The molecule has 1 aliphatic carbocycles. The number of pyridine rings is 1. The van der Waals surface area contributed by atoms with Crippen molar-refractivity contribution in [2.75, 3.05) is 19.0 Å². The number of aryl methyl sites for hydroxylation is 1. The Kier molecular flexibility index (Phi) is 2.80.